The summed E-state index contributed by atoms with van der Waals surface area (Å²) >= 11 is 8.28. The first-order chi connectivity index (χ1) is 8.15. The van der Waals surface area contributed by atoms with E-state index < -0.39 is 5.91 Å². The van der Waals surface area contributed by atoms with E-state index >= 15 is 0 Å². The topological polar surface area (TPSA) is 63.5 Å². The molecule has 3 heterocycles. The second kappa shape index (κ2) is 3.86. The summed E-state index contributed by atoms with van der Waals surface area (Å²) in [7, 11) is 0. The lowest BCUT2D eigenvalue weighted by atomic mass is 10.4. The minimum Gasteiger partial charge on any atom is -0.289 e. The molecule has 5 nitrogen and oxygen atoms in total. The SMILES string of the molecule is O=C1NC(=O)/C(=C/c2c(Cl)nc3sccn23)S1. The van der Waals surface area contributed by atoms with Crippen LogP contribution in [0.3, 0.4) is 0 Å². The quantitative estimate of drug-likeness (QED) is 0.817. The highest BCUT2D eigenvalue weighted by Crippen LogP contribution is 2.29. The third kappa shape index (κ3) is 1.76. The molecule has 3 rings (SSSR count). The molecule has 2 amide bonds. The van der Waals surface area contributed by atoms with Gasteiger partial charge in [-0.2, -0.15) is 0 Å². The number of fused-ring (bicyclic) bond motifs is 1. The number of nitrogens with zero attached hydrogens (tertiary/aromatic N) is 2. The Morgan fingerprint density at radius 3 is 3.00 bits per heavy atom. The van der Waals surface area contributed by atoms with Crippen molar-refractivity contribution in [2.45, 2.75) is 0 Å². The molecule has 1 fully saturated rings. The van der Waals surface area contributed by atoms with E-state index in [1.54, 1.807) is 10.5 Å². The molecule has 17 heavy (non-hydrogen) atoms. The van der Waals surface area contributed by atoms with Crippen LogP contribution in [0.25, 0.3) is 11.0 Å². The van der Waals surface area contributed by atoms with Crippen molar-refractivity contribution in [2.75, 3.05) is 0 Å². The van der Waals surface area contributed by atoms with Gasteiger partial charge in [-0.25, -0.2) is 4.98 Å². The zero-order valence-electron chi connectivity index (χ0n) is 8.14. The highest BCUT2D eigenvalue weighted by molar-refractivity contribution is 8.18. The van der Waals surface area contributed by atoms with Gasteiger partial charge >= 0.3 is 0 Å². The smallest absolute Gasteiger partial charge is 0.289 e. The number of aromatic nitrogens is 2. The average Bonchev–Trinajstić information content (AvgIpc) is 2.88. The lowest BCUT2D eigenvalue weighted by molar-refractivity contribution is -0.115. The van der Waals surface area contributed by atoms with Crippen molar-refractivity contribution in [3.63, 3.8) is 0 Å². The van der Waals surface area contributed by atoms with Gasteiger partial charge in [-0.15, -0.1) is 11.3 Å². The molecule has 2 aromatic rings. The number of halogens is 1. The molecule has 0 unspecified atom stereocenters. The minimum absolute atomic E-state index is 0.317. The molecule has 1 aliphatic heterocycles. The highest BCUT2D eigenvalue weighted by atomic mass is 35.5. The lowest BCUT2D eigenvalue weighted by Gasteiger charge is -1.93. The molecule has 0 aliphatic carbocycles. The first-order valence-corrected chi connectivity index (χ1v) is 6.58. The van der Waals surface area contributed by atoms with Gasteiger partial charge in [-0.1, -0.05) is 11.6 Å². The van der Waals surface area contributed by atoms with E-state index in [1.807, 2.05) is 11.6 Å². The van der Waals surface area contributed by atoms with Gasteiger partial charge in [0.1, 0.15) is 0 Å². The van der Waals surface area contributed by atoms with Gasteiger partial charge in [0.15, 0.2) is 10.1 Å². The number of imide groups is 1. The molecule has 8 heteroatoms. The van der Waals surface area contributed by atoms with Crippen LogP contribution in [-0.2, 0) is 4.79 Å². The second-order valence-corrected chi connectivity index (χ2v) is 5.44. The number of carbonyl (C=O) groups excluding carboxylic acids is 2. The third-order valence-electron chi connectivity index (χ3n) is 2.16. The van der Waals surface area contributed by atoms with Crippen molar-refractivity contribution in [3.8, 4) is 0 Å². The summed E-state index contributed by atoms with van der Waals surface area (Å²) in [4.78, 5) is 27.6. The molecule has 1 N–H and O–H groups in total. The van der Waals surface area contributed by atoms with E-state index in [1.165, 1.54) is 11.3 Å². The predicted octanol–water partition coefficient (Wildman–Crippen LogP) is 2.37. The Bertz CT molecular complexity index is 673. The van der Waals surface area contributed by atoms with E-state index in [0.29, 0.717) is 15.8 Å². The summed E-state index contributed by atoms with van der Waals surface area (Å²) in [5.41, 5.74) is 0.607. The van der Waals surface area contributed by atoms with Crippen LogP contribution >= 0.6 is 34.7 Å². The first kappa shape index (κ1) is 10.8. The van der Waals surface area contributed by atoms with Gasteiger partial charge in [-0.3, -0.25) is 19.3 Å². The number of carbonyl (C=O) groups is 2. The summed E-state index contributed by atoms with van der Waals surface area (Å²) in [5.74, 6) is -0.402. The van der Waals surface area contributed by atoms with E-state index in [9.17, 15) is 9.59 Å². The number of amides is 2. The highest BCUT2D eigenvalue weighted by Gasteiger charge is 2.26. The number of hydrogen-bond acceptors (Lipinski definition) is 5. The summed E-state index contributed by atoms with van der Waals surface area (Å²) in [6.45, 7) is 0. The third-order valence-corrected chi connectivity index (χ3v) is 4.01. The van der Waals surface area contributed by atoms with Gasteiger partial charge in [0, 0.05) is 11.6 Å². The number of rotatable bonds is 1. The van der Waals surface area contributed by atoms with Crippen molar-refractivity contribution in [3.05, 3.63) is 27.3 Å². The van der Waals surface area contributed by atoms with E-state index in [2.05, 4.69) is 10.3 Å². The molecule has 2 aromatic heterocycles. The molecule has 0 atom stereocenters. The van der Waals surface area contributed by atoms with Crippen LogP contribution in [0.2, 0.25) is 5.15 Å². The van der Waals surface area contributed by atoms with Crippen molar-refractivity contribution < 1.29 is 9.59 Å². The number of thioether (sulfide) groups is 1. The van der Waals surface area contributed by atoms with Crippen molar-refractivity contribution in [1.29, 1.82) is 0 Å². The van der Waals surface area contributed by atoms with Crippen LogP contribution < -0.4 is 5.32 Å². The maximum Gasteiger partial charge on any atom is 0.290 e. The molecule has 1 aliphatic rings. The van der Waals surface area contributed by atoms with Crippen LogP contribution in [0, 0.1) is 0 Å². The molecule has 0 radical (unpaired) electrons. The zero-order chi connectivity index (χ0) is 12.0. The largest absolute Gasteiger partial charge is 0.290 e. The van der Waals surface area contributed by atoms with Crippen molar-refractivity contribution in [1.82, 2.24) is 14.7 Å². The van der Waals surface area contributed by atoms with E-state index in [-0.39, 0.29) is 5.24 Å². The van der Waals surface area contributed by atoms with Gasteiger partial charge in [0.2, 0.25) is 0 Å². The molecule has 86 valence electrons. The first-order valence-electron chi connectivity index (χ1n) is 4.51. The summed E-state index contributed by atoms with van der Waals surface area (Å²) in [5, 5.41) is 4.00. The molecular weight excluding hydrogens is 282 g/mol. The Labute approximate surface area is 108 Å². The summed E-state index contributed by atoms with van der Waals surface area (Å²) in [6.07, 6.45) is 3.38. The van der Waals surface area contributed by atoms with Gasteiger partial charge in [0.25, 0.3) is 11.1 Å². The standard InChI is InChI=1S/C9H4ClN3O2S2/c10-6-4(13-1-2-16-8(13)11-6)3-5-7(14)12-9(15)17-5/h1-3H,(H,12,14,15)/b5-3-. The fraction of sp³-hybridized carbons (Fsp3) is 0. The molecule has 0 bridgehead atoms. The van der Waals surface area contributed by atoms with Crippen LogP contribution in [0.5, 0.6) is 0 Å². The zero-order valence-corrected chi connectivity index (χ0v) is 10.5. The molecule has 0 spiro atoms. The lowest BCUT2D eigenvalue weighted by Crippen LogP contribution is -2.17. The Balaban J connectivity index is 2.13. The number of hydrogen-bond donors (Lipinski definition) is 1. The van der Waals surface area contributed by atoms with E-state index in [0.717, 1.165) is 16.7 Å². The monoisotopic (exact) mass is 285 g/mol. The Kier molecular flexibility index (Phi) is 2.46. The molecule has 1 saturated heterocycles. The normalized spacial score (nSPS) is 18.3. The number of nitrogens with one attached hydrogen (secondary N) is 1. The summed E-state index contributed by atoms with van der Waals surface area (Å²) in [6, 6.07) is 0. The van der Waals surface area contributed by atoms with E-state index in [4.69, 9.17) is 11.6 Å². The van der Waals surface area contributed by atoms with Gasteiger partial charge in [-0.05, 0) is 17.8 Å². The maximum absolute atomic E-state index is 11.4. The minimum atomic E-state index is -0.402. The Morgan fingerprint density at radius 1 is 1.47 bits per heavy atom. The second-order valence-electron chi connectivity index (χ2n) is 3.20. The fourth-order valence-corrected chi connectivity index (χ4v) is 3.11. The fourth-order valence-electron chi connectivity index (χ4n) is 1.45. The van der Waals surface area contributed by atoms with Gasteiger partial charge < -0.3 is 0 Å². The predicted molar refractivity (Wildman–Crippen MR) is 67.2 cm³/mol. The number of thiazole rings is 1. The van der Waals surface area contributed by atoms with Crippen molar-refractivity contribution >= 4 is 56.9 Å². The summed E-state index contributed by atoms with van der Waals surface area (Å²) < 4.78 is 1.77. The van der Waals surface area contributed by atoms with Crippen molar-refractivity contribution in [2.24, 2.45) is 0 Å². The Hall–Kier alpha value is -1.31. The van der Waals surface area contributed by atoms with Crippen LogP contribution in [0.1, 0.15) is 5.69 Å². The molecule has 0 saturated carbocycles. The molecule has 0 aromatic carbocycles. The van der Waals surface area contributed by atoms with Crippen LogP contribution in [0.4, 0.5) is 4.79 Å². The molecular formula is C9H4ClN3O2S2. The number of imidazole rings is 1. The van der Waals surface area contributed by atoms with Crippen LogP contribution in [0.15, 0.2) is 16.5 Å². The van der Waals surface area contributed by atoms with Crippen LogP contribution in [-0.4, -0.2) is 20.5 Å². The average molecular weight is 286 g/mol. The Morgan fingerprint density at radius 2 is 2.29 bits per heavy atom. The van der Waals surface area contributed by atoms with Gasteiger partial charge in [0.05, 0.1) is 10.6 Å². The maximum atomic E-state index is 11.4.